The largest absolute Gasteiger partial charge is 0.469 e. The maximum atomic E-state index is 12.2. The second kappa shape index (κ2) is 10.1. The molecule has 5 nitrogen and oxygen atoms in total. The lowest BCUT2D eigenvalue weighted by atomic mass is 9.97. The minimum absolute atomic E-state index is 0. The highest BCUT2D eigenvalue weighted by molar-refractivity contribution is 14.0. The molecule has 0 atom stereocenters. The van der Waals surface area contributed by atoms with Crippen LogP contribution in [0, 0.1) is 5.92 Å². The summed E-state index contributed by atoms with van der Waals surface area (Å²) in [5.74, 6) is 0.114. The molecular weight excluding hydrogens is 414 g/mol. The van der Waals surface area contributed by atoms with Crippen molar-refractivity contribution in [2.45, 2.75) is 32.4 Å². The van der Waals surface area contributed by atoms with Gasteiger partial charge in [-0.05, 0) is 19.8 Å². The first-order valence-electron chi connectivity index (χ1n) is 7.05. The second-order valence-electron chi connectivity index (χ2n) is 4.89. The van der Waals surface area contributed by atoms with E-state index < -0.39 is 12.6 Å². The van der Waals surface area contributed by atoms with Gasteiger partial charge < -0.3 is 15.0 Å². The van der Waals surface area contributed by atoms with E-state index in [4.69, 9.17) is 4.74 Å². The van der Waals surface area contributed by atoms with E-state index in [1.54, 1.807) is 0 Å². The maximum absolute atomic E-state index is 12.2. The molecule has 130 valence electrons. The molecule has 0 saturated carbocycles. The third-order valence-corrected chi connectivity index (χ3v) is 3.32. The fraction of sp³-hybridized carbons (Fsp3) is 0.846. The molecule has 1 aliphatic heterocycles. The number of methoxy groups -OCH3 is 1. The van der Waals surface area contributed by atoms with Crippen molar-refractivity contribution in [3.63, 3.8) is 0 Å². The molecule has 1 heterocycles. The van der Waals surface area contributed by atoms with Crippen LogP contribution in [0.4, 0.5) is 13.2 Å². The van der Waals surface area contributed by atoms with E-state index in [0.29, 0.717) is 38.4 Å². The van der Waals surface area contributed by atoms with Crippen molar-refractivity contribution in [3.8, 4) is 0 Å². The van der Waals surface area contributed by atoms with Gasteiger partial charge in [0.2, 0.25) is 0 Å². The van der Waals surface area contributed by atoms with Gasteiger partial charge >= 0.3 is 12.1 Å². The third kappa shape index (κ3) is 7.50. The van der Waals surface area contributed by atoms with Gasteiger partial charge in [-0.2, -0.15) is 13.2 Å². The normalized spacial score (nSPS) is 17.0. The summed E-state index contributed by atoms with van der Waals surface area (Å²) in [5.41, 5.74) is 0. The fourth-order valence-corrected chi connectivity index (χ4v) is 2.21. The van der Waals surface area contributed by atoms with Crippen LogP contribution in [0.3, 0.4) is 0 Å². The number of halogens is 4. The zero-order valence-corrected chi connectivity index (χ0v) is 15.1. The minimum Gasteiger partial charge on any atom is -0.469 e. The predicted octanol–water partition coefficient (Wildman–Crippen LogP) is 2.41. The van der Waals surface area contributed by atoms with E-state index in [2.05, 4.69) is 10.3 Å². The summed E-state index contributed by atoms with van der Waals surface area (Å²) in [7, 11) is 1.36. The maximum Gasteiger partial charge on any atom is 0.390 e. The summed E-state index contributed by atoms with van der Waals surface area (Å²) in [6, 6.07) is 0. The van der Waals surface area contributed by atoms with Crippen LogP contribution in [-0.2, 0) is 9.53 Å². The Morgan fingerprint density at radius 1 is 1.36 bits per heavy atom. The predicted molar refractivity (Wildman–Crippen MR) is 88.4 cm³/mol. The number of guanidine groups is 1. The Balaban J connectivity index is 0.00000441. The molecule has 9 heteroatoms. The average molecular weight is 437 g/mol. The Morgan fingerprint density at radius 3 is 2.41 bits per heavy atom. The Labute approximate surface area is 145 Å². The molecule has 0 amide bonds. The molecule has 0 radical (unpaired) electrons. The summed E-state index contributed by atoms with van der Waals surface area (Å²) in [4.78, 5) is 17.3. The van der Waals surface area contributed by atoms with E-state index in [1.807, 2.05) is 11.8 Å². The van der Waals surface area contributed by atoms with Crippen LogP contribution in [-0.4, -0.2) is 56.3 Å². The van der Waals surface area contributed by atoms with Crippen molar-refractivity contribution < 1.29 is 22.7 Å². The number of alkyl halides is 3. The molecule has 0 spiro atoms. The number of ether oxygens (including phenoxy) is 1. The van der Waals surface area contributed by atoms with Crippen LogP contribution in [0.15, 0.2) is 4.99 Å². The van der Waals surface area contributed by atoms with E-state index in [1.165, 1.54) is 7.11 Å². The van der Waals surface area contributed by atoms with Gasteiger partial charge in [0.15, 0.2) is 5.96 Å². The standard InChI is InChI=1S/C13H22F3N3O2.HI/c1-3-17-12(18-7-6-13(14,15)16)19-8-4-10(5-9-19)11(20)21-2;/h10H,3-9H2,1-2H3,(H,17,18);1H. The molecule has 0 aromatic rings. The molecule has 1 N–H and O–H groups in total. The van der Waals surface area contributed by atoms with Crippen LogP contribution >= 0.6 is 24.0 Å². The molecule has 0 aromatic carbocycles. The summed E-state index contributed by atoms with van der Waals surface area (Å²) >= 11 is 0. The minimum atomic E-state index is -4.20. The number of carbonyl (C=O) groups is 1. The number of likely N-dealkylation sites (tertiary alicyclic amines) is 1. The molecule has 1 saturated heterocycles. The third-order valence-electron chi connectivity index (χ3n) is 3.32. The summed E-state index contributed by atoms with van der Waals surface area (Å²) in [5, 5.41) is 2.99. The number of carbonyl (C=O) groups excluding carboxylic acids is 1. The highest BCUT2D eigenvalue weighted by Gasteiger charge is 2.28. The fourth-order valence-electron chi connectivity index (χ4n) is 2.21. The van der Waals surface area contributed by atoms with Gasteiger partial charge in [0.25, 0.3) is 0 Å². The number of nitrogens with one attached hydrogen (secondary N) is 1. The summed E-state index contributed by atoms with van der Waals surface area (Å²) in [6.07, 6.45) is -3.88. The van der Waals surface area contributed by atoms with Crippen molar-refractivity contribution in [3.05, 3.63) is 0 Å². The monoisotopic (exact) mass is 437 g/mol. The first-order valence-corrected chi connectivity index (χ1v) is 7.05. The quantitative estimate of drug-likeness (QED) is 0.318. The van der Waals surface area contributed by atoms with Gasteiger partial charge in [0.05, 0.1) is 26.0 Å². The molecule has 0 aliphatic carbocycles. The molecule has 0 unspecified atom stereocenters. The highest BCUT2D eigenvalue weighted by Crippen LogP contribution is 2.20. The van der Waals surface area contributed by atoms with Crippen LogP contribution in [0.25, 0.3) is 0 Å². The van der Waals surface area contributed by atoms with Gasteiger partial charge in [-0.25, -0.2) is 0 Å². The number of piperidine rings is 1. The van der Waals surface area contributed by atoms with Crippen LogP contribution in [0.2, 0.25) is 0 Å². The zero-order valence-electron chi connectivity index (χ0n) is 12.8. The molecule has 1 aliphatic rings. The Bertz CT molecular complexity index is 370. The topological polar surface area (TPSA) is 53.9 Å². The summed E-state index contributed by atoms with van der Waals surface area (Å²) in [6.45, 7) is 3.32. The Morgan fingerprint density at radius 2 is 1.95 bits per heavy atom. The first-order chi connectivity index (χ1) is 9.87. The molecule has 0 bridgehead atoms. The molecular formula is C13H23F3IN3O2. The molecule has 0 aromatic heterocycles. The van der Waals surface area contributed by atoms with Crippen LogP contribution < -0.4 is 5.32 Å². The Kier molecular flexibility index (Phi) is 9.77. The smallest absolute Gasteiger partial charge is 0.390 e. The first kappa shape index (κ1) is 21.3. The van der Waals surface area contributed by atoms with E-state index in [0.717, 1.165) is 0 Å². The number of aliphatic imine (C=N–C) groups is 1. The van der Waals surface area contributed by atoms with E-state index in [9.17, 15) is 18.0 Å². The number of hydrogen-bond acceptors (Lipinski definition) is 3. The molecule has 1 rings (SSSR count). The number of nitrogens with zero attached hydrogens (tertiary/aromatic N) is 2. The van der Waals surface area contributed by atoms with Crippen molar-refractivity contribution in [1.82, 2.24) is 10.2 Å². The van der Waals surface area contributed by atoms with Gasteiger partial charge in [-0.15, -0.1) is 24.0 Å². The second-order valence-corrected chi connectivity index (χ2v) is 4.89. The lowest BCUT2D eigenvalue weighted by Gasteiger charge is -2.33. The van der Waals surface area contributed by atoms with E-state index >= 15 is 0 Å². The summed E-state index contributed by atoms with van der Waals surface area (Å²) < 4.78 is 41.2. The van der Waals surface area contributed by atoms with Crippen LogP contribution in [0.1, 0.15) is 26.2 Å². The van der Waals surface area contributed by atoms with Crippen molar-refractivity contribution >= 4 is 35.9 Å². The van der Waals surface area contributed by atoms with Gasteiger partial charge in [-0.3, -0.25) is 9.79 Å². The van der Waals surface area contributed by atoms with Crippen molar-refractivity contribution in [2.24, 2.45) is 10.9 Å². The van der Waals surface area contributed by atoms with Gasteiger partial charge in [-0.1, -0.05) is 0 Å². The van der Waals surface area contributed by atoms with Gasteiger partial charge in [0, 0.05) is 19.6 Å². The lowest BCUT2D eigenvalue weighted by molar-refractivity contribution is -0.146. The van der Waals surface area contributed by atoms with Gasteiger partial charge in [0.1, 0.15) is 0 Å². The van der Waals surface area contributed by atoms with Crippen molar-refractivity contribution in [2.75, 3.05) is 33.3 Å². The zero-order chi connectivity index (χ0) is 15.9. The average Bonchev–Trinajstić information content (AvgIpc) is 2.44. The molecule has 22 heavy (non-hydrogen) atoms. The Hall–Kier alpha value is -0.740. The van der Waals surface area contributed by atoms with E-state index in [-0.39, 0.29) is 42.4 Å². The lowest BCUT2D eigenvalue weighted by Crippen LogP contribution is -2.46. The number of hydrogen-bond donors (Lipinski definition) is 1. The van der Waals surface area contributed by atoms with Crippen LogP contribution in [0.5, 0.6) is 0 Å². The van der Waals surface area contributed by atoms with Crippen molar-refractivity contribution in [1.29, 1.82) is 0 Å². The number of rotatable bonds is 4. The number of esters is 1. The highest BCUT2D eigenvalue weighted by atomic mass is 127. The SMILES string of the molecule is CCNC(=NCCC(F)(F)F)N1CCC(C(=O)OC)CC1.I. The molecule has 1 fully saturated rings.